The molecule has 0 aliphatic carbocycles. The highest BCUT2D eigenvalue weighted by atomic mass is 32.2. The second kappa shape index (κ2) is 59.2. The van der Waals surface area contributed by atoms with Crippen molar-refractivity contribution < 1.29 is 61.3 Å². The number of piperazine rings is 2. The topological polar surface area (TPSA) is 234 Å². The average molecular weight is 1900 g/mol. The van der Waals surface area contributed by atoms with Crippen LogP contribution in [0.2, 0.25) is 0 Å². The van der Waals surface area contributed by atoms with Crippen molar-refractivity contribution in [2.24, 2.45) is 0 Å². The molecule has 0 unspecified atom stereocenters. The number of likely N-dealkylation sites (tertiary alicyclic amines) is 6. The Hall–Kier alpha value is -10.1. The van der Waals surface area contributed by atoms with Gasteiger partial charge in [-0.3, -0.25) is 9.59 Å². The van der Waals surface area contributed by atoms with Gasteiger partial charge in [0.15, 0.2) is 0 Å². The summed E-state index contributed by atoms with van der Waals surface area (Å²) in [6, 6.07) is 45.7. The van der Waals surface area contributed by atoms with Gasteiger partial charge in [0, 0.05) is 245 Å². The lowest BCUT2D eigenvalue weighted by atomic mass is 9.99. The predicted octanol–water partition coefficient (Wildman–Crippen LogP) is 14.9. The minimum absolute atomic E-state index is 0.144. The van der Waals surface area contributed by atoms with Crippen molar-refractivity contribution in [2.75, 3.05) is 258 Å². The molecule has 12 aliphatic heterocycles. The Bertz CT molecular complexity index is 4140. The van der Waals surface area contributed by atoms with E-state index in [2.05, 4.69) is 68.6 Å². The van der Waals surface area contributed by atoms with Crippen LogP contribution in [0.5, 0.6) is 0 Å². The first-order chi connectivity index (χ1) is 66.2. The summed E-state index contributed by atoms with van der Waals surface area (Å²) in [4.78, 5) is 125. The molecule has 12 aliphatic rings. The lowest BCUT2D eigenvalue weighted by Crippen LogP contribution is -2.55. The van der Waals surface area contributed by atoms with Crippen molar-refractivity contribution in [3.63, 3.8) is 0 Å². The molecule has 30 heteroatoms. The van der Waals surface area contributed by atoms with E-state index < -0.39 is 0 Å². The van der Waals surface area contributed by atoms with Crippen molar-refractivity contribution in [1.82, 2.24) is 69.4 Å². The van der Waals surface area contributed by atoms with Gasteiger partial charge in [0.1, 0.15) is 23.2 Å². The van der Waals surface area contributed by atoms with Gasteiger partial charge in [-0.05, 0) is 200 Å². The maximum atomic E-state index is 13.0. The van der Waals surface area contributed by atoms with Crippen LogP contribution in [0.25, 0.3) is 0 Å². The van der Waals surface area contributed by atoms with Gasteiger partial charge in [-0.2, -0.15) is 11.8 Å². The number of morpholine rings is 3. The Kier molecular flexibility index (Phi) is 46.3. The lowest BCUT2D eigenvalue weighted by Gasteiger charge is -2.39. The molecule has 744 valence electrons. The Morgan fingerprint density at radius 3 is 0.853 bits per heavy atom. The van der Waals surface area contributed by atoms with Crippen molar-refractivity contribution >= 4 is 70.9 Å². The van der Waals surface area contributed by atoms with Crippen LogP contribution in [-0.2, 0) is 62.6 Å². The number of nitrogens with zero attached hydrogens (tertiary/aromatic N) is 14. The number of carbonyl (C=O) groups is 8. The van der Waals surface area contributed by atoms with E-state index in [1.54, 1.807) is 24.3 Å². The molecule has 12 heterocycles. The number of likely N-dealkylation sites (N-methyl/N-ethyl adjacent to an activating group) is 2. The van der Waals surface area contributed by atoms with Crippen molar-refractivity contribution in [2.45, 2.75) is 155 Å². The number of rotatable bonds is 14. The number of hydrogen-bond acceptors (Lipinski definition) is 16. The van der Waals surface area contributed by atoms with E-state index in [9.17, 15) is 47.1 Å². The highest BCUT2D eigenvalue weighted by Gasteiger charge is 2.31. The molecule has 12 amide bonds. The number of urea groups is 6. The molecule has 0 bridgehead atoms. The molecule has 136 heavy (non-hydrogen) atoms. The molecular formula is C106H154F2N16O11S. The molecule has 6 aromatic carbocycles. The van der Waals surface area contributed by atoms with Gasteiger partial charge < -0.3 is 93.4 Å². The Morgan fingerprint density at radius 1 is 0.279 bits per heavy atom. The quantitative estimate of drug-likeness (QED) is 0.103. The number of aryl methyl sites for hydroxylation is 2. The fourth-order valence-electron chi connectivity index (χ4n) is 18.3. The zero-order valence-electron chi connectivity index (χ0n) is 81.8. The Morgan fingerprint density at radius 2 is 0.529 bits per heavy atom. The largest absolute Gasteiger partial charge is 0.378 e. The van der Waals surface area contributed by atoms with Crippen LogP contribution in [0.4, 0.5) is 48.9 Å². The number of hydrogen-bond donors (Lipinski definition) is 2. The number of ether oxygens (including phenoxy) is 3. The molecule has 0 radical (unpaired) electrons. The summed E-state index contributed by atoms with van der Waals surface area (Å²) < 4.78 is 41.6. The molecule has 6 aromatic rings. The van der Waals surface area contributed by atoms with E-state index in [-0.39, 0.29) is 53.4 Å². The first-order valence-corrected chi connectivity index (χ1v) is 51.6. The van der Waals surface area contributed by atoms with Crippen molar-refractivity contribution in [3.05, 3.63) is 202 Å². The number of para-hydroxylation sites is 2. The summed E-state index contributed by atoms with van der Waals surface area (Å²) in [6.07, 6.45) is 21.1. The fourth-order valence-corrected chi connectivity index (χ4v) is 19.2. The van der Waals surface area contributed by atoms with Gasteiger partial charge in [0.2, 0.25) is 0 Å². The number of ketones is 2. The second-order valence-corrected chi connectivity index (χ2v) is 38.5. The number of Topliss-reactive ketones (excluding diaryl/α,β-unsaturated/α-hetero) is 2. The first-order valence-electron chi connectivity index (χ1n) is 50.4. The molecule has 18 rings (SSSR count). The van der Waals surface area contributed by atoms with Gasteiger partial charge in [-0.1, -0.05) is 120 Å². The summed E-state index contributed by atoms with van der Waals surface area (Å²) in [5.41, 5.74) is 10.7. The SMILES string of the molecule is CN1CCN(C(=O)N2CCN(C)CC2)CC1.Cc1ccc(CC(=O)Cc2ccc(F)cc2)cc1.Cc1ccc(CNC(=O)NCc2ccc(F)cc2)cc1.O=C(Cc1ccccc1N1CCOCC1)Cc1ccccc1N1CCOCC1.O=C(N1CCCC1)N1CCCC1.O=C(N1CCCCC1)N1CCCCC1.O=C(N1CCCCC1)N1CCOCC1.O=C(N1CCCCC1)N1CCSCC1. The third-order valence-electron chi connectivity index (χ3n) is 26.6. The fraction of sp³-hybridized carbons (Fsp3) is 0.585. The standard InChI is InChI=1S/C23H28N2O3.C16H17FN2O.C16H15FO.C11H22N4O.C11H20N2O.C10H18N2O2.C10H18N2OS.C9H16N2O/c26-21(17-19-5-1-3-7-22(19)24-9-13-27-14-10-24)18-20-6-2-4-8-23(20)25-11-15-28-16-12-25;1-12-2-4-13(5-3-12)10-18-16(20)19-11-14-6-8-15(17)9-7-14;1-12-2-4-13(5-3-12)10-16(18)11-14-6-8-15(17)9-7-14;1-12-3-7-14(8-4-12)11(16)15-9-5-13(2)6-10-15;14-11(12-7-3-1-4-8-12)13-9-5-2-6-10-13;2*13-10(11-4-2-1-3-5-11)12-6-8-14-9-7-12;12-9(10-5-1-2-6-10)11-7-3-4-8-11/h1-8H,9-18H2;2-9H,10-11H2,1H3,(H2,18,19,20);2-9H,10-11H2,1H3;3-10H2,1-2H3;1-10H2;2*1-9H2;1-8H2. The van der Waals surface area contributed by atoms with Crippen LogP contribution in [0, 0.1) is 25.5 Å². The number of piperidine rings is 4. The maximum absolute atomic E-state index is 13.0. The monoisotopic (exact) mass is 1900 g/mol. The van der Waals surface area contributed by atoms with E-state index in [1.807, 2.05) is 147 Å². The average Bonchev–Trinajstić information content (AvgIpc) is 1.05. The zero-order valence-corrected chi connectivity index (χ0v) is 82.6. The number of amides is 12. The lowest BCUT2D eigenvalue weighted by molar-refractivity contribution is -0.118. The van der Waals surface area contributed by atoms with Gasteiger partial charge in [-0.25, -0.2) is 37.5 Å². The van der Waals surface area contributed by atoms with Crippen LogP contribution >= 0.6 is 11.8 Å². The molecule has 2 N–H and O–H groups in total. The van der Waals surface area contributed by atoms with Crippen molar-refractivity contribution in [1.29, 1.82) is 0 Å². The van der Waals surface area contributed by atoms with Crippen molar-refractivity contribution in [3.8, 4) is 0 Å². The number of halogens is 2. The van der Waals surface area contributed by atoms with Crippen LogP contribution < -0.4 is 20.4 Å². The number of anilines is 2. The first kappa shape index (κ1) is 106. The minimum Gasteiger partial charge on any atom is -0.378 e. The number of thioether (sulfide) groups is 1. The predicted molar refractivity (Wildman–Crippen MR) is 538 cm³/mol. The summed E-state index contributed by atoms with van der Waals surface area (Å²) in [5.74, 6) is 2.06. The highest BCUT2D eigenvalue weighted by molar-refractivity contribution is 7.99. The number of nitrogens with one attached hydrogen (secondary N) is 2. The molecule has 0 atom stereocenters. The molecule has 0 aromatic heterocycles. The van der Waals surface area contributed by atoms with Gasteiger partial charge in [0.25, 0.3) is 0 Å². The van der Waals surface area contributed by atoms with E-state index in [4.69, 9.17) is 14.2 Å². The third kappa shape index (κ3) is 37.3. The van der Waals surface area contributed by atoms with Crippen LogP contribution in [0.15, 0.2) is 146 Å². The molecule has 12 saturated heterocycles. The smallest absolute Gasteiger partial charge is 0.320 e. The van der Waals surface area contributed by atoms with Gasteiger partial charge in [-0.15, -0.1) is 0 Å². The van der Waals surface area contributed by atoms with Gasteiger partial charge in [0.05, 0.1) is 39.6 Å². The second-order valence-electron chi connectivity index (χ2n) is 37.3. The minimum atomic E-state index is -0.280. The molecule has 27 nitrogen and oxygen atoms in total. The summed E-state index contributed by atoms with van der Waals surface area (Å²) in [7, 11) is 4.22. The summed E-state index contributed by atoms with van der Waals surface area (Å²) >= 11 is 1.95. The zero-order chi connectivity index (χ0) is 95.9. The van der Waals surface area contributed by atoms with E-state index in [0.717, 1.165) is 267 Å². The van der Waals surface area contributed by atoms with Crippen LogP contribution in [0.3, 0.4) is 0 Å². The summed E-state index contributed by atoms with van der Waals surface area (Å²) in [5, 5.41) is 5.50. The third-order valence-corrected chi connectivity index (χ3v) is 27.6. The molecule has 0 saturated carbocycles. The number of benzene rings is 6. The van der Waals surface area contributed by atoms with E-state index in [0.29, 0.717) is 58.0 Å². The molecule has 0 spiro atoms. The van der Waals surface area contributed by atoms with Gasteiger partial charge >= 0.3 is 36.2 Å². The Labute approximate surface area is 812 Å². The maximum Gasteiger partial charge on any atom is 0.320 e. The number of carbonyl (C=O) groups excluding carboxylic acids is 8. The molecule has 12 fully saturated rings. The van der Waals surface area contributed by atoms with E-state index in [1.165, 1.54) is 137 Å². The Balaban J connectivity index is 0.000000151. The van der Waals surface area contributed by atoms with Crippen LogP contribution in [0.1, 0.15) is 147 Å². The highest BCUT2D eigenvalue weighted by Crippen LogP contribution is 2.28. The van der Waals surface area contributed by atoms with E-state index >= 15 is 0 Å². The summed E-state index contributed by atoms with van der Waals surface area (Å²) in [6.45, 7) is 35.4. The normalized spacial score (nSPS) is 18.8. The van der Waals surface area contributed by atoms with Crippen LogP contribution in [-0.4, -0.2) is 355 Å². The molecular weight excluding hydrogens is 1740 g/mol.